The van der Waals surface area contributed by atoms with Crippen molar-refractivity contribution in [2.24, 2.45) is 11.7 Å². The number of rotatable bonds is 5. The van der Waals surface area contributed by atoms with Crippen molar-refractivity contribution in [1.29, 1.82) is 0 Å². The quantitative estimate of drug-likeness (QED) is 0.683. The van der Waals surface area contributed by atoms with Gasteiger partial charge < -0.3 is 20.5 Å². The number of carbonyl (C=O) groups excluding carboxylic acids is 2. The van der Waals surface area contributed by atoms with E-state index >= 15 is 0 Å². The minimum Gasteiger partial charge on any atom is -0.469 e. The fourth-order valence-electron chi connectivity index (χ4n) is 1.72. The second-order valence-corrected chi connectivity index (χ2v) is 4.23. The van der Waals surface area contributed by atoms with Gasteiger partial charge in [-0.1, -0.05) is 6.92 Å². The van der Waals surface area contributed by atoms with Gasteiger partial charge in [0.2, 0.25) is 5.91 Å². The molecule has 1 amide bonds. The zero-order valence-electron chi connectivity index (χ0n) is 10.7. The van der Waals surface area contributed by atoms with Crippen molar-refractivity contribution in [2.75, 3.05) is 20.2 Å². The lowest BCUT2D eigenvalue weighted by Gasteiger charge is -2.14. The maximum Gasteiger partial charge on any atom is 0.310 e. The molecule has 1 unspecified atom stereocenters. The lowest BCUT2D eigenvalue weighted by molar-refractivity contribution is -0.145. The molecule has 0 aromatic heterocycles. The van der Waals surface area contributed by atoms with E-state index < -0.39 is 6.10 Å². The largest absolute Gasteiger partial charge is 0.469 e. The average molecular weight is 281 g/mol. The van der Waals surface area contributed by atoms with Gasteiger partial charge >= 0.3 is 5.97 Å². The maximum absolute atomic E-state index is 11.7. The topological polar surface area (TPSA) is 90.7 Å². The highest BCUT2D eigenvalue weighted by Crippen LogP contribution is 2.18. The second kappa shape index (κ2) is 8.29. The van der Waals surface area contributed by atoms with Crippen molar-refractivity contribution >= 4 is 24.3 Å². The van der Waals surface area contributed by atoms with Gasteiger partial charge in [0.15, 0.2) is 0 Å². The molecular formula is C11H21ClN2O4. The number of carbonyl (C=O) groups is 2. The molecule has 0 aliphatic carbocycles. The maximum atomic E-state index is 11.7. The Balaban J connectivity index is 0.00000289. The number of nitrogens with two attached hydrogens (primary N) is 1. The van der Waals surface area contributed by atoms with Crippen LogP contribution in [0.5, 0.6) is 0 Å². The number of nitrogens with one attached hydrogen (secondary N) is 1. The third-order valence-corrected chi connectivity index (χ3v) is 2.85. The molecule has 0 aromatic carbocycles. The van der Waals surface area contributed by atoms with Gasteiger partial charge in [-0.3, -0.25) is 9.59 Å². The number of hydrogen-bond donors (Lipinski definition) is 2. The number of hydrogen-bond acceptors (Lipinski definition) is 5. The summed E-state index contributed by atoms with van der Waals surface area (Å²) in [6, 6.07) is 0. The van der Waals surface area contributed by atoms with Gasteiger partial charge in [-0.15, -0.1) is 12.4 Å². The van der Waals surface area contributed by atoms with Crippen molar-refractivity contribution in [2.45, 2.75) is 32.0 Å². The van der Waals surface area contributed by atoms with Gasteiger partial charge in [0.05, 0.1) is 19.1 Å². The standard InChI is InChI=1S/C11H20N2O4.ClH/c1-7(11(15)16-2)6-13-10(14)9-4-3-8(5-12)17-9;/h7-9H,3-6,12H2,1-2H3,(H,13,14);1H/t7?,8-,9+;/m1./s1. The lowest BCUT2D eigenvalue weighted by atomic mass is 10.1. The van der Waals surface area contributed by atoms with E-state index in [2.05, 4.69) is 10.1 Å². The van der Waals surface area contributed by atoms with E-state index in [1.54, 1.807) is 6.92 Å². The molecule has 1 aliphatic rings. The Morgan fingerprint density at radius 3 is 2.67 bits per heavy atom. The predicted molar refractivity (Wildman–Crippen MR) is 68.4 cm³/mol. The van der Waals surface area contributed by atoms with Crippen molar-refractivity contribution in [3.63, 3.8) is 0 Å². The molecule has 106 valence electrons. The molecule has 0 radical (unpaired) electrons. The Morgan fingerprint density at radius 1 is 1.50 bits per heavy atom. The summed E-state index contributed by atoms with van der Waals surface area (Å²) in [5, 5.41) is 2.68. The molecule has 1 saturated heterocycles. The van der Waals surface area contributed by atoms with E-state index in [4.69, 9.17) is 10.5 Å². The van der Waals surface area contributed by atoms with Gasteiger partial charge in [-0.25, -0.2) is 0 Å². The number of halogens is 1. The summed E-state index contributed by atoms with van der Waals surface area (Å²) >= 11 is 0. The van der Waals surface area contributed by atoms with Gasteiger partial charge in [0, 0.05) is 13.1 Å². The highest BCUT2D eigenvalue weighted by molar-refractivity contribution is 5.85. The average Bonchev–Trinajstić information content (AvgIpc) is 2.83. The second-order valence-electron chi connectivity index (χ2n) is 4.23. The van der Waals surface area contributed by atoms with Crippen molar-refractivity contribution in [1.82, 2.24) is 5.32 Å². The smallest absolute Gasteiger partial charge is 0.310 e. The summed E-state index contributed by atoms with van der Waals surface area (Å²) in [6.45, 7) is 2.39. The molecule has 1 aliphatic heterocycles. The van der Waals surface area contributed by atoms with Crippen molar-refractivity contribution in [3.8, 4) is 0 Å². The molecule has 3 atom stereocenters. The van der Waals surface area contributed by atoms with E-state index in [-0.39, 0.29) is 42.9 Å². The summed E-state index contributed by atoms with van der Waals surface area (Å²) in [5.41, 5.74) is 5.46. The Hall–Kier alpha value is -0.850. The fraction of sp³-hybridized carbons (Fsp3) is 0.818. The van der Waals surface area contributed by atoms with Crippen LogP contribution in [0.4, 0.5) is 0 Å². The summed E-state index contributed by atoms with van der Waals surface area (Å²) in [7, 11) is 1.33. The van der Waals surface area contributed by atoms with Crippen LogP contribution < -0.4 is 11.1 Å². The monoisotopic (exact) mass is 280 g/mol. The van der Waals surface area contributed by atoms with Crippen LogP contribution >= 0.6 is 12.4 Å². The van der Waals surface area contributed by atoms with Crippen LogP contribution in [0.2, 0.25) is 0 Å². The molecule has 1 fully saturated rings. The van der Waals surface area contributed by atoms with Gasteiger partial charge in [-0.05, 0) is 12.8 Å². The normalized spacial score (nSPS) is 23.9. The number of esters is 1. The molecule has 0 spiro atoms. The molecule has 1 heterocycles. The number of amides is 1. The Bertz CT molecular complexity index is 288. The van der Waals surface area contributed by atoms with E-state index in [1.807, 2.05) is 0 Å². The van der Waals surface area contributed by atoms with Crippen LogP contribution in [0.15, 0.2) is 0 Å². The first-order chi connectivity index (χ1) is 8.08. The molecular weight excluding hydrogens is 260 g/mol. The van der Waals surface area contributed by atoms with Crippen LogP contribution in [-0.4, -0.2) is 44.3 Å². The van der Waals surface area contributed by atoms with Crippen LogP contribution in [0.1, 0.15) is 19.8 Å². The van der Waals surface area contributed by atoms with Crippen LogP contribution in [0, 0.1) is 5.92 Å². The van der Waals surface area contributed by atoms with Crippen molar-refractivity contribution < 1.29 is 19.1 Å². The summed E-state index contributed by atoms with van der Waals surface area (Å²) in [6.07, 6.45) is 1.03. The third-order valence-electron chi connectivity index (χ3n) is 2.85. The van der Waals surface area contributed by atoms with Crippen molar-refractivity contribution in [3.05, 3.63) is 0 Å². The molecule has 18 heavy (non-hydrogen) atoms. The fourth-order valence-corrected chi connectivity index (χ4v) is 1.72. The van der Waals surface area contributed by atoms with Gasteiger partial charge in [0.25, 0.3) is 0 Å². The van der Waals surface area contributed by atoms with E-state index in [1.165, 1.54) is 7.11 Å². The summed E-state index contributed by atoms with van der Waals surface area (Å²) in [5.74, 6) is -0.871. The minimum absolute atomic E-state index is 0. The first-order valence-corrected chi connectivity index (χ1v) is 5.79. The van der Waals surface area contributed by atoms with Gasteiger partial charge in [0.1, 0.15) is 6.10 Å². The zero-order chi connectivity index (χ0) is 12.8. The molecule has 1 rings (SSSR count). The summed E-state index contributed by atoms with van der Waals surface area (Å²) < 4.78 is 10.0. The highest BCUT2D eigenvalue weighted by atomic mass is 35.5. The highest BCUT2D eigenvalue weighted by Gasteiger charge is 2.30. The Morgan fingerprint density at radius 2 is 2.17 bits per heavy atom. The first-order valence-electron chi connectivity index (χ1n) is 5.79. The first kappa shape index (κ1) is 17.2. The molecule has 0 aromatic rings. The SMILES string of the molecule is COC(=O)C(C)CNC(=O)[C@@H]1CC[C@H](CN)O1.Cl. The molecule has 6 nitrogen and oxygen atoms in total. The predicted octanol–water partition coefficient (Wildman–Crippen LogP) is -0.160. The molecule has 0 saturated carbocycles. The van der Waals surface area contributed by atoms with Crippen LogP contribution in [-0.2, 0) is 19.1 Å². The van der Waals surface area contributed by atoms with Gasteiger partial charge in [-0.2, -0.15) is 0 Å². The molecule has 7 heteroatoms. The zero-order valence-corrected chi connectivity index (χ0v) is 11.5. The van der Waals surface area contributed by atoms with Crippen LogP contribution in [0.25, 0.3) is 0 Å². The van der Waals surface area contributed by atoms with E-state index in [0.29, 0.717) is 13.0 Å². The molecule has 0 bridgehead atoms. The minimum atomic E-state index is -0.437. The third kappa shape index (κ3) is 4.80. The molecule has 3 N–H and O–H groups in total. The summed E-state index contributed by atoms with van der Waals surface area (Å²) in [4.78, 5) is 22.8. The number of ether oxygens (including phenoxy) is 2. The van der Waals surface area contributed by atoms with E-state index in [0.717, 1.165) is 6.42 Å². The van der Waals surface area contributed by atoms with E-state index in [9.17, 15) is 9.59 Å². The van der Waals surface area contributed by atoms with Crippen LogP contribution in [0.3, 0.4) is 0 Å². The Kier molecular flexibility index (Phi) is 7.90. The Labute approximate surface area is 113 Å². The lowest BCUT2D eigenvalue weighted by Crippen LogP contribution is -2.39. The number of methoxy groups -OCH3 is 1.